The van der Waals surface area contributed by atoms with E-state index in [0.29, 0.717) is 0 Å². The smallest absolute Gasteiger partial charge is 0.127 e. The Balaban J connectivity index is 1.69. The van der Waals surface area contributed by atoms with Crippen molar-refractivity contribution in [2.45, 2.75) is 58.3 Å². The van der Waals surface area contributed by atoms with Gasteiger partial charge < -0.3 is 9.84 Å². The van der Waals surface area contributed by atoms with Crippen molar-refractivity contribution in [3.8, 4) is 17.2 Å². The van der Waals surface area contributed by atoms with Gasteiger partial charge in [-0.05, 0) is 54.8 Å². The molecular weight excluding hydrogens is 284 g/mol. The molecular formula is C21H28O2. The number of aromatic hydroxyl groups is 1. The van der Waals surface area contributed by atoms with Gasteiger partial charge in [0, 0.05) is 0 Å². The fourth-order valence-electron chi connectivity index (χ4n) is 2.66. The summed E-state index contributed by atoms with van der Waals surface area (Å²) in [4.78, 5) is 0. The summed E-state index contributed by atoms with van der Waals surface area (Å²) in [6.07, 6.45) is 10.6. The Morgan fingerprint density at radius 2 is 1.22 bits per heavy atom. The van der Waals surface area contributed by atoms with Crippen LogP contribution in [0.4, 0.5) is 0 Å². The maximum atomic E-state index is 9.27. The number of hydrogen-bond acceptors (Lipinski definition) is 2. The first-order chi connectivity index (χ1) is 11.3. The van der Waals surface area contributed by atoms with Crippen molar-refractivity contribution in [1.82, 2.24) is 0 Å². The minimum Gasteiger partial charge on any atom is -0.508 e. The molecule has 0 saturated carbocycles. The van der Waals surface area contributed by atoms with E-state index in [2.05, 4.69) is 19.1 Å². The summed E-state index contributed by atoms with van der Waals surface area (Å²) in [6, 6.07) is 15.1. The first kappa shape index (κ1) is 17.4. The summed E-state index contributed by atoms with van der Waals surface area (Å²) in [7, 11) is 0. The molecule has 0 aliphatic carbocycles. The third-order valence-electron chi connectivity index (χ3n) is 4.06. The van der Waals surface area contributed by atoms with E-state index < -0.39 is 0 Å². The maximum Gasteiger partial charge on any atom is 0.127 e. The molecule has 0 radical (unpaired) electrons. The number of phenolic OH excluding ortho intramolecular Hbond substituents is 1. The van der Waals surface area contributed by atoms with Gasteiger partial charge >= 0.3 is 0 Å². The Morgan fingerprint density at radius 1 is 0.696 bits per heavy atom. The van der Waals surface area contributed by atoms with E-state index in [1.165, 1.54) is 50.5 Å². The van der Waals surface area contributed by atoms with E-state index in [1.807, 2.05) is 12.1 Å². The van der Waals surface area contributed by atoms with E-state index >= 15 is 0 Å². The molecule has 2 aromatic carbocycles. The van der Waals surface area contributed by atoms with Crippen LogP contribution >= 0.6 is 0 Å². The maximum absolute atomic E-state index is 9.27. The third-order valence-corrected chi connectivity index (χ3v) is 4.06. The molecule has 2 rings (SSSR count). The zero-order valence-electron chi connectivity index (χ0n) is 14.1. The summed E-state index contributed by atoms with van der Waals surface area (Å²) in [5, 5.41) is 9.27. The zero-order chi connectivity index (χ0) is 16.3. The van der Waals surface area contributed by atoms with Crippen LogP contribution in [0, 0.1) is 0 Å². The Labute approximate surface area is 140 Å². The number of aryl methyl sites for hydroxylation is 1. The molecule has 0 spiro atoms. The van der Waals surface area contributed by atoms with Crippen molar-refractivity contribution in [2.24, 2.45) is 0 Å². The Hall–Kier alpha value is -1.96. The molecule has 2 nitrogen and oxygen atoms in total. The van der Waals surface area contributed by atoms with Crippen LogP contribution in [-0.4, -0.2) is 5.11 Å². The van der Waals surface area contributed by atoms with Crippen molar-refractivity contribution in [3.05, 3.63) is 54.1 Å². The molecule has 0 aliphatic rings. The average molecular weight is 312 g/mol. The topological polar surface area (TPSA) is 29.5 Å². The van der Waals surface area contributed by atoms with Gasteiger partial charge in [-0.1, -0.05) is 57.6 Å². The lowest BCUT2D eigenvalue weighted by atomic mass is 10.0. The first-order valence-electron chi connectivity index (χ1n) is 8.84. The molecule has 0 aliphatic heterocycles. The van der Waals surface area contributed by atoms with E-state index in [-0.39, 0.29) is 5.75 Å². The van der Waals surface area contributed by atoms with E-state index in [4.69, 9.17) is 4.74 Å². The number of hydrogen-bond donors (Lipinski definition) is 1. The third kappa shape index (κ3) is 6.77. The minimum absolute atomic E-state index is 0.252. The summed E-state index contributed by atoms with van der Waals surface area (Å²) in [6.45, 7) is 2.26. The molecule has 0 bridgehead atoms. The predicted molar refractivity (Wildman–Crippen MR) is 96.3 cm³/mol. The largest absolute Gasteiger partial charge is 0.508 e. The zero-order valence-corrected chi connectivity index (χ0v) is 14.1. The van der Waals surface area contributed by atoms with Gasteiger partial charge in [0.2, 0.25) is 0 Å². The second-order valence-corrected chi connectivity index (χ2v) is 6.11. The molecule has 0 amide bonds. The normalized spacial score (nSPS) is 10.7. The lowest BCUT2D eigenvalue weighted by Crippen LogP contribution is -1.88. The van der Waals surface area contributed by atoms with Gasteiger partial charge in [0.1, 0.15) is 17.2 Å². The lowest BCUT2D eigenvalue weighted by Gasteiger charge is -2.07. The average Bonchev–Trinajstić information content (AvgIpc) is 2.58. The number of benzene rings is 2. The molecule has 0 atom stereocenters. The van der Waals surface area contributed by atoms with Gasteiger partial charge in [-0.2, -0.15) is 0 Å². The fourth-order valence-corrected chi connectivity index (χ4v) is 2.66. The molecule has 2 heteroatoms. The Bertz CT molecular complexity index is 543. The quantitative estimate of drug-likeness (QED) is 0.509. The summed E-state index contributed by atoms with van der Waals surface area (Å²) >= 11 is 0. The second kappa shape index (κ2) is 9.94. The molecule has 1 N–H and O–H groups in total. The molecule has 2 aromatic rings. The standard InChI is InChI=1S/C21H28O2/c1-2-3-4-5-6-7-8-9-18-10-14-20(15-11-18)23-21-16-12-19(22)13-17-21/h10-17,22H,2-9H2,1H3. The molecule has 23 heavy (non-hydrogen) atoms. The number of rotatable bonds is 10. The highest BCUT2D eigenvalue weighted by atomic mass is 16.5. The number of ether oxygens (including phenoxy) is 1. The number of phenols is 1. The summed E-state index contributed by atoms with van der Waals surface area (Å²) < 4.78 is 5.76. The van der Waals surface area contributed by atoms with Crippen LogP contribution in [0.5, 0.6) is 17.2 Å². The van der Waals surface area contributed by atoms with Gasteiger partial charge in [-0.15, -0.1) is 0 Å². The second-order valence-electron chi connectivity index (χ2n) is 6.11. The van der Waals surface area contributed by atoms with Gasteiger partial charge in [-0.25, -0.2) is 0 Å². The minimum atomic E-state index is 0.252. The highest BCUT2D eigenvalue weighted by molar-refractivity contribution is 5.35. The van der Waals surface area contributed by atoms with Crippen LogP contribution in [0.1, 0.15) is 57.4 Å². The highest BCUT2D eigenvalue weighted by Crippen LogP contribution is 2.24. The van der Waals surface area contributed by atoms with Gasteiger partial charge in [0.15, 0.2) is 0 Å². The van der Waals surface area contributed by atoms with Crippen LogP contribution in [-0.2, 0) is 6.42 Å². The van der Waals surface area contributed by atoms with Crippen LogP contribution in [0.2, 0.25) is 0 Å². The predicted octanol–water partition coefficient (Wildman–Crippen LogP) is 6.48. The summed E-state index contributed by atoms with van der Waals surface area (Å²) in [5.41, 5.74) is 1.37. The van der Waals surface area contributed by atoms with Gasteiger partial charge in [-0.3, -0.25) is 0 Å². The first-order valence-corrected chi connectivity index (χ1v) is 8.84. The van der Waals surface area contributed by atoms with Crippen molar-refractivity contribution in [3.63, 3.8) is 0 Å². The number of unbranched alkanes of at least 4 members (excludes halogenated alkanes) is 6. The van der Waals surface area contributed by atoms with Crippen molar-refractivity contribution in [2.75, 3.05) is 0 Å². The molecule has 0 fully saturated rings. The lowest BCUT2D eigenvalue weighted by molar-refractivity contribution is 0.464. The fraction of sp³-hybridized carbons (Fsp3) is 0.429. The SMILES string of the molecule is CCCCCCCCCc1ccc(Oc2ccc(O)cc2)cc1. The highest BCUT2D eigenvalue weighted by Gasteiger charge is 1.99. The van der Waals surface area contributed by atoms with Crippen LogP contribution in [0.15, 0.2) is 48.5 Å². The Kier molecular flexibility index (Phi) is 7.51. The monoisotopic (exact) mass is 312 g/mol. The molecule has 0 aromatic heterocycles. The molecule has 124 valence electrons. The van der Waals surface area contributed by atoms with Crippen LogP contribution in [0.25, 0.3) is 0 Å². The van der Waals surface area contributed by atoms with E-state index in [0.717, 1.165) is 17.9 Å². The van der Waals surface area contributed by atoms with Gasteiger partial charge in [0.05, 0.1) is 0 Å². The van der Waals surface area contributed by atoms with Crippen molar-refractivity contribution < 1.29 is 9.84 Å². The summed E-state index contributed by atoms with van der Waals surface area (Å²) in [5.74, 6) is 1.82. The van der Waals surface area contributed by atoms with E-state index in [1.54, 1.807) is 24.3 Å². The van der Waals surface area contributed by atoms with E-state index in [9.17, 15) is 5.11 Å². The van der Waals surface area contributed by atoms with Crippen LogP contribution in [0.3, 0.4) is 0 Å². The Morgan fingerprint density at radius 3 is 1.83 bits per heavy atom. The molecule has 0 unspecified atom stereocenters. The van der Waals surface area contributed by atoms with Crippen molar-refractivity contribution >= 4 is 0 Å². The van der Waals surface area contributed by atoms with Crippen LogP contribution < -0.4 is 4.74 Å². The van der Waals surface area contributed by atoms with Gasteiger partial charge in [0.25, 0.3) is 0 Å². The molecule has 0 heterocycles. The van der Waals surface area contributed by atoms with Crippen molar-refractivity contribution in [1.29, 1.82) is 0 Å². The molecule has 0 saturated heterocycles.